The summed E-state index contributed by atoms with van der Waals surface area (Å²) < 4.78 is 1.08. The number of nitrogens with zero attached hydrogens (tertiary/aromatic N) is 3. The Morgan fingerprint density at radius 1 is 1.48 bits per heavy atom. The summed E-state index contributed by atoms with van der Waals surface area (Å²) in [5.41, 5.74) is 0.588. The molecule has 6 heteroatoms. The normalized spacial score (nSPS) is 10.7. The van der Waals surface area contributed by atoms with Gasteiger partial charge in [-0.3, -0.25) is 14.4 Å². The van der Waals surface area contributed by atoms with Crippen LogP contribution in [0.1, 0.15) is 16.7 Å². The first kappa shape index (κ1) is 16.5. The van der Waals surface area contributed by atoms with Crippen molar-refractivity contribution in [3.63, 3.8) is 0 Å². The molecule has 23 heavy (non-hydrogen) atoms. The zero-order valence-corrected chi connectivity index (χ0v) is 13.2. The molecule has 0 bridgehead atoms. The van der Waals surface area contributed by atoms with Gasteiger partial charge in [-0.25, -0.2) is 0 Å². The monoisotopic (exact) mass is 327 g/mol. The average Bonchev–Trinajstić information content (AvgIpc) is 2.53. The zero-order valence-electron chi connectivity index (χ0n) is 12.5. The number of pyridine rings is 1. The highest BCUT2D eigenvalue weighted by Gasteiger charge is 2.17. The van der Waals surface area contributed by atoms with Gasteiger partial charge in [0.1, 0.15) is 11.6 Å². The van der Waals surface area contributed by atoms with Gasteiger partial charge in [0.25, 0.3) is 5.56 Å². The number of aromatic hydroxyl groups is 1. The van der Waals surface area contributed by atoms with Gasteiger partial charge < -0.3 is 5.11 Å². The van der Waals surface area contributed by atoms with Crippen molar-refractivity contribution in [2.75, 3.05) is 0 Å². The Bertz CT molecular complexity index is 892. The Hall–Kier alpha value is -2.84. The summed E-state index contributed by atoms with van der Waals surface area (Å²) in [6, 6.07) is 8.85. The van der Waals surface area contributed by atoms with Crippen LogP contribution in [0.5, 0.6) is 5.88 Å². The van der Waals surface area contributed by atoms with Crippen LogP contribution in [0.2, 0.25) is 5.02 Å². The summed E-state index contributed by atoms with van der Waals surface area (Å²) in [6.45, 7) is 5.23. The predicted molar refractivity (Wildman–Crippen MR) is 90.7 cm³/mol. The highest BCUT2D eigenvalue weighted by molar-refractivity contribution is 6.33. The number of hydrogen-bond acceptors (Lipinski definition) is 4. The molecule has 0 saturated heterocycles. The van der Waals surface area contributed by atoms with Crippen LogP contribution in [0.15, 0.2) is 46.7 Å². The third-order valence-corrected chi connectivity index (χ3v) is 3.66. The fraction of sp³-hybridized carbons (Fsp3) is 0.118. The van der Waals surface area contributed by atoms with Crippen LogP contribution in [0.3, 0.4) is 0 Å². The molecule has 0 amide bonds. The van der Waals surface area contributed by atoms with Crippen LogP contribution in [0, 0.1) is 18.3 Å². The number of allylic oxidation sites excluding steroid dienone is 1. The van der Waals surface area contributed by atoms with E-state index in [1.165, 1.54) is 12.3 Å². The van der Waals surface area contributed by atoms with Gasteiger partial charge in [0, 0.05) is 12.8 Å². The van der Waals surface area contributed by atoms with Gasteiger partial charge in [-0.15, -0.1) is 6.58 Å². The van der Waals surface area contributed by atoms with E-state index in [4.69, 9.17) is 11.6 Å². The molecule has 0 radical (unpaired) electrons. The standard InChI is InChI=1S/C17H14ClN3O2/c1-3-8-21-16(22)12(9-19)11(2)13(17(21)23)10-20-15-7-5-4-6-14(15)18/h3-7,10,23H,1,8H2,2H3. The average molecular weight is 328 g/mol. The first-order valence-corrected chi connectivity index (χ1v) is 7.15. The largest absolute Gasteiger partial charge is 0.494 e. The number of halogens is 1. The van der Waals surface area contributed by atoms with E-state index in [9.17, 15) is 15.2 Å². The summed E-state index contributed by atoms with van der Waals surface area (Å²) >= 11 is 6.04. The van der Waals surface area contributed by atoms with Crippen molar-refractivity contribution >= 4 is 23.5 Å². The molecule has 0 atom stereocenters. The van der Waals surface area contributed by atoms with Crippen molar-refractivity contribution in [2.24, 2.45) is 4.99 Å². The third kappa shape index (κ3) is 3.17. The molecular weight excluding hydrogens is 314 g/mol. The van der Waals surface area contributed by atoms with Crippen molar-refractivity contribution in [3.8, 4) is 11.9 Å². The molecule has 0 unspecified atom stereocenters. The third-order valence-electron chi connectivity index (χ3n) is 3.34. The molecule has 116 valence electrons. The second-order valence-corrected chi connectivity index (χ2v) is 5.17. The molecular formula is C17H14ClN3O2. The lowest BCUT2D eigenvalue weighted by Gasteiger charge is -2.12. The molecule has 5 nitrogen and oxygen atoms in total. The fourth-order valence-electron chi connectivity index (χ4n) is 2.11. The lowest BCUT2D eigenvalue weighted by molar-refractivity contribution is 0.414. The Labute approximate surface area is 138 Å². The summed E-state index contributed by atoms with van der Waals surface area (Å²) in [5, 5.41) is 20.0. The Morgan fingerprint density at radius 2 is 2.17 bits per heavy atom. The molecule has 0 fully saturated rings. The number of benzene rings is 1. The van der Waals surface area contributed by atoms with Crippen molar-refractivity contribution in [3.05, 3.63) is 69.0 Å². The van der Waals surface area contributed by atoms with E-state index >= 15 is 0 Å². The highest BCUT2D eigenvalue weighted by atomic mass is 35.5. The number of hydrogen-bond donors (Lipinski definition) is 1. The molecule has 1 aromatic heterocycles. The van der Waals surface area contributed by atoms with Gasteiger partial charge >= 0.3 is 0 Å². The highest BCUT2D eigenvalue weighted by Crippen LogP contribution is 2.25. The van der Waals surface area contributed by atoms with Crippen LogP contribution >= 0.6 is 11.6 Å². The minimum Gasteiger partial charge on any atom is -0.494 e. The van der Waals surface area contributed by atoms with Crippen molar-refractivity contribution in [1.82, 2.24) is 4.57 Å². The van der Waals surface area contributed by atoms with Crippen LogP contribution in [0.4, 0.5) is 5.69 Å². The Balaban J connectivity index is 2.65. The summed E-state index contributed by atoms with van der Waals surface area (Å²) in [5.74, 6) is -0.262. The fourth-order valence-corrected chi connectivity index (χ4v) is 2.30. The molecule has 1 aromatic carbocycles. The van der Waals surface area contributed by atoms with E-state index in [-0.39, 0.29) is 18.0 Å². The van der Waals surface area contributed by atoms with Crippen molar-refractivity contribution in [1.29, 1.82) is 5.26 Å². The summed E-state index contributed by atoms with van der Waals surface area (Å²) in [6.07, 6.45) is 2.86. The van der Waals surface area contributed by atoms with Gasteiger partial charge in [0.05, 0.1) is 16.3 Å². The number of aromatic nitrogens is 1. The first-order valence-electron chi connectivity index (χ1n) is 6.77. The molecule has 0 aliphatic heterocycles. The smallest absolute Gasteiger partial charge is 0.271 e. The van der Waals surface area contributed by atoms with Crippen LogP contribution in [-0.2, 0) is 6.54 Å². The van der Waals surface area contributed by atoms with Gasteiger partial charge in [0.15, 0.2) is 0 Å². The second kappa shape index (κ2) is 6.95. The van der Waals surface area contributed by atoms with Crippen LogP contribution < -0.4 is 5.56 Å². The van der Waals surface area contributed by atoms with Gasteiger partial charge in [-0.1, -0.05) is 29.8 Å². The molecule has 0 aliphatic carbocycles. The number of aliphatic imine (C=N–C) groups is 1. The van der Waals surface area contributed by atoms with Crippen LogP contribution in [-0.4, -0.2) is 15.9 Å². The number of nitriles is 1. The Kier molecular flexibility index (Phi) is 4.99. The predicted octanol–water partition coefficient (Wildman–Crippen LogP) is 3.32. The van der Waals surface area contributed by atoms with E-state index < -0.39 is 5.56 Å². The quantitative estimate of drug-likeness (QED) is 0.691. The van der Waals surface area contributed by atoms with E-state index in [2.05, 4.69) is 11.6 Å². The van der Waals surface area contributed by atoms with Gasteiger partial charge in [-0.2, -0.15) is 5.26 Å². The maximum atomic E-state index is 12.2. The lowest BCUT2D eigenvalue weighted by Crippen LogP contribution is -2.24. The molecule has 0 saturated carbocycles. The van der Waals surface area contributed by atoms with E-state index in [0.717, 1.165) is 4.57 Å². The van der Waals surface area contributed by atoms with E-state index in [1.807, 2.05) is 6.07 Å². The maximum absolute atomic E-state index is 12.2. The molecule has 2 rings (SSSR count). The summed E-state index contributed by atoms with van der Waals surface area (Å²) in [4.78, 5) is 16.4. The minimum absolute atomic E-state index is 0.0368. The second-order valence-electron chi connectivity index (χ2n) is 4.76. The van der Waals surface area contributed by atoms with Crippen molar-refractivity contribution < 1.29 is 5.11 Å². The van der Waals surface area contributed by atoms with Crippen molar-refractivity contribution in [2.45, 2.75) is 13.5 Å². The number of rotatable bonds is 4. The van der Waals surface area contributed by atoms with Crippen LogP contribution in [0.25, 0.3) is 0 Å². The van der Waals surface area contributed by atoms with Gasteiger partial charge in [0.2, 0.25) is 5.88 Å². The molecule has 1 N–H and O–H groups in total. The van der Waals surface area contributed by atoms with E-state index in [1.54, 1.807) is 31.2 Å². The summed E-state index contributed by atoms with van der Waals surface area (Å²) in [7, 11) is 0. The molecule has 1 heterocycles. The topological polar surface area (TPSA) is 78.4 Å². The lowest BCUT2D eigenvalue weighted by atomic mass is 10.1. The SMILES string of the molecule is C=CCn1c(O)c(C=Nc2ccccc2Cl)c(C)c(C#N)c1=O. The Morgan fingerprint density at radius 3 is 2.78 bits per heavy atom. The first-order chi connectivity index (χ1) is 11.0. The zero-order chi connectivity index (χ0) is 17.0. The molecule has 2 aromatic rings. The maximum Gasteiger partial charge on any atom is 0.271 e. The number of para-hydroxylation sites is 1. The molecule has 0 spiro atoms. The van der Waals surface area contributed by atoms with E-state index in [0.29, 0.717) is 21.8 Å². The minimum atomic E-state index is -0.558. The molecule has 0 aliphatic rings. The van der Waals surface area contributed by atoms with Gasteiger partial charge in [-0.05, 0) is 24.6 Å².